The first-order valence-corrected chi connectivity index (χ1v) is 7.08. The molecule has 1 aliphatic carbocycles. The van der Waals surface area contributed by atoms with Gasteiger partial charge in [-0.3, -0.25) is 0 Å². The Morgan fingerprint density at radius 1 is 1.22 bits per heavy atom. The van der Waals surface area contributed by atoms with Gasteiger partial charge in [-0.05, 0) is 30.9 Å². The minimum Gasteiger partial charge on any atom is -0.375 e. The molecule has 0 amide bonds. The van der Waals surface area contributed by atoms with Gasteiger partial charge in [-0.2, -0.15) is 0 Å². The molecule has 4 heteroatoms. The van der Waals surface area contributed by atoms with Crippen LogP contribution in [-0.2, 0) is 0 Å². The quantitative estimate of drug-likeness (QED) is 0.881. The number of nitrogens with zero attached hydrogens (tertiary/aromatic N) is 1. The van der Waals surface area contributed by atoms with Crippen LogP contribution < -0.4 is 5.73 Å². The maximum atomic E-state index is 13.9. The lowest BCUT2D eigenvalue weighted by molar-refractivity contribution is 0.630. The molecule has 0 bridgehead atoms. The molecule has 1 fully saturated rings. The van der Waals surface area contributed by atoms with Crippen molar-refractivity contribution < 1.29 is 4.39 Å². The van der Waals surface area contributed by atoms with Gasteiger partial charge in [0.05, 0.1) is 5.69 Å². The molecule has 1 aliphatic rings. The molecule has 2 N–H and O–H groups in total. The molecule has 94 valence electrons. The molecule has 1 saturated carbocycles. The van der Waals surface area contributed by atoms with E-state index in [0.29, 0.717) is 16.6 Å². The lowest BCUT2D eigenvalue weighted by Crippen LogP contribution is -1.94. The smallest absolute Gasteiger partial charge is 0.180 e. The van der Waals surface area contributed by atoms with Crippen molar-refractivity contribution in [3.05, 3.63) is 35.0 Å². The van der Waals surface area contributed by atoms with Gasteiger partial charge in [-0.15, -0.1) is 11.3 Å². The second-order valence-electron chi connectivity index (χ2n) is 4.73. The predicted molar refractivity (Wildman–Crippen MR) is 73.1 cm³/mol. The molecule has 0 spiro atoms. The van der Waals surface area contributed by atoms with Crippen LogP contribution in [0, 0.1) is 5.82 Å². The van der Waals surface area contributed by atoms with Crippen molar-refractivity contribution in [2.75, 3.05) is 5.73 Å². The Kier molecular flexibility index (Phi) is 3.04. The van der Waals surface area contributed by atoms with Gasteiger partial charge in [0.25, 0.3) is 0 Å². The third kappa shape index (κ3) is 2.01. The molecular weight excluding hydrogens is 247 g/mol. The van der Waals surface area contributed by atoms with E-state index < -0.39 is 0 Å². The van der Waals surface area contributed by atoms with Gasteiger partial charge >= 0.3 is 0 Å². The summed E-state index contributed by atoms with van der Waals surface area (Å²) in [6.45, 7) is 0. The summed E-state index contributed by atoms with van der Waals surface area (Å²) in [6.07, 6.45) is 4.84. The van der Waals surface area contributed by atoms with E-state index in [1.165, 1.54) is 43.1 Å². The Morgan fingerprint density at radius 3 is 2.67 bits per heavy atom. The number of rotatable bonds is 2. The molecule has 2 nitrogen and oxygen atoms in total. The van der Waals surface area contributed by atoms with Crippen molar-refractivity contribution in [2.45, 2.75) is 31.6 Å². The summed E-state index contributed by atoms with van der Waals surface area (Å²) in [4.78, 5) is 5.50. The third-order valence-corrected chi connectivity index (χ3v) is 4.57. The monoisotopic (exact) mass is 262 g/mol. The molecule has 1 aromatic heterocycles. The van der Waals surface area contributed by atoms with E-state index >= 15 is 0 Å². The summed E-state index contributed by atoms with van der Waals surface area (Å²) in [6, 6.07) is 6.79. The highest BCUT2D eigenvalue weighted by Gasteiger charge is 2.25. The van der Waals surface area contributed by atoms with Crippen molar-refractivity contribution >= 4 is 16.5 Å². The van der Waals surface area contributed by atoms with Crippen LogP contribution in [0.4, 0.5) is 9.52 Å². The molecule has 3 rings (SSSR count). The molecule has 0 saturated heterocycles. The van der Waals surface area contributed by atoms with Gasteiger partial charge in [0.2, 0.25) is 0 Å². The summed E-state index contributed by atoms with van der Waals surface area (Å²) in [5.41, 5.74) is 7.15. The summed E-state index contributed by atoms with van der Waals surface area (Å²) >= 11 is 1.52. The maximum absolute atomic E-state index is 13.9. The molecular formula is C14H15FN2S. The van der Waals surface area contributed by atoms with Crippen molar-refractivity contribution in [1.29, 1.82) is 0 Å². The highest BCUT2D eigenvalue weighted by molar-refractivity contribution is 7.15. The second-order valence-corrected chi connectivity index (χ2v) is 5.79. The zero-order chi connectivity index (χ0) is 12.5. The number of halogens is 1. The zero-order valence-corrected chi connectivity index (χ0v) is 10.8. The van der Waals surface area contributed by atoms with Gasteiger partial charge in [0, 0.05) is 10.4 Å². The second kappa shape index (κ2) is 4.69. The first-order valence-electron chi connectivity index (χ1n) is 6.27. The molecule has 18 heavy (non-hydrogen) atoms. The molecule has 2 aromatic rings. The fraction of sp³-hybridized carbons (Fsp3) is 0.357. The molecule has 0 radical (unpaired) electrons. The average molecular weight is 262 g/mol. The average Bonchev–Trinajstić information content (AvgIpc) is 2.98. The van der Waals surface area contributed by atoms with E-state index in [1.807, 2.05) is 6.07 Å². The van der Waals surface area contributed by atoms with Gasteiger partial charge < -0.3 is 5.73 Å². The lowest BCUT2D eigenvalue weighted by atomic mass is 10.0. The fourth-order valence-electron chi connectivity index (χ4n) is 2.66. The molecule has 0 atom stereocenters. The van der Waals surface area contributed by atoms with E-state index in [2.05, 4.69) is 4.98 Å². The molecule has 1 heterocycles. The fourth-order valence-corrected chi connectivity index (χ4v) is 3.68. The lowest BCUT2D eigenvalue weighted by Gasteiger charge is -2.09. The van der Waals surface area contributed by atoms with Crippen LogP contribution in [0.5, 0.6) is 0 Å². The summed E-state index contributed by atoms with van der Waals surface area (Å²) in [7, 11) is 0. The van der Waals surface area contributed by atoms with Crippen molar-refractivity contribution in [1.82, 2.24) is 4.98 Å². The van der Waals surface area contributed by atoms with Gasteiger partial charge in [0.1, 0.15) is 5.82 Å². The van der Waals surface area contributed by atoms with Crippen LogP contribution in [-0.4, -0.2) is 4.98 Å². The minimum absolute atomic E-state index is 0.220. The number of nitrogen functional groups attached to an aromatic ring is 1. The standard InChI is InChI=1S/C14H15FN2S/c15-11-8-4-3-7-10(11)12-13(18-14(16)17-12)9-5-1-2-6-9/h3-4,7-9H,1-2,5-6H2,(H2,16,17). The zero-order valence-electron chi connectivity index (χ0n) is 10.0. The van der Waals surface area contributed by atoms with Crippen LogP contribution >= 0.6 is 11.3 Å². The maximum Gasteiger partial charge on any atom is 0.180 e. The van der Waals surface area contributed by atoms with Crippen LogP contribution in [0.15, 0.2) is 24.3 Å². The number of anilines is 1. The first-order chi connectivity index (χ1) is 8.75. The first kappa shape index (κ1) is 11.7. The largest absolute Gasteiger partial charge is 0.375 e. The van der Waals surface area contributed by atoms with E-state index in [-0.39, 0.29) is 5.82 Å². The number of thiazole rings is 1. The minimum atomic E-state index is -0.220. The van der Waals surface area contributed by atoms with E-state index in [1.54, 1.807) is 12.1 Å². The molecule has 1 aromatic carbocycles. The highest BCUT2D eigenvalue weighted by atomic mass is 32.1. The Labute approximate surface area is 110 Å². The SMILES string of the molecule is Nc1nc(-c2ccccc2F)c(C2CCCC2)s1. The van der Waals surface area contributed by atoms with Crippen LogP contribution in [0.25, 0.3) is 11.3 Å². The number of nitrogens with two attached hydrogens (primary N) is 1. The summed E-state index contributed by atoms with van der Waals surface area (Å²) in [5.74, 6) is 0.288. The number of hydrogen-bond acceptors (Lipinski definition) is 3. The summed E-state index contributed by atoms with van der Waals surface area (Å²) < 4.78 is 13.9. The number of hydrogen-bond donors (Lipinski definition) is 1. The van der Waals surface area contributed by atoms with E-state index in [4.69, 9.17) is 5.73 Å². The number of benzene rings is 1. The van der Waals surface area contributed by atoms with Crippen molar-refractivity contribution in [3.63, 3.8) is 0 Å². The Balaban J connectivity index is 2.09. The van der Waals surface area contributed by atoms with Crippen LogP contribution in [0.2, 0.25) is 0 Å². The van der Waals surface area contributed by atoms with Crippen molar-refractivity contribution in [3.8, 4) is 11.3 Å². The third-order valence-electron chi connectivity index (χ3n) is 3.52. The van der Waals surface area contributed by atoms with Crippen molar-refractivity contribution in [2.24, 2.45) is 0 Å². The number of aromatic nitrogens is 1. The topological polar surface area (TPSA) is 38.9 Å². The van der Waals surface area contributed by atoms with E-state index in [0.717, 1.165) is 10.6 Å². The molecule has 0 unspecified atom stereocenters. The Morgan fingerprint density at radius 2 is 1.94 bits per heavy atom. The molecule has 0 aliphatic heterocycles. The van der Waals surface area contributed by atoms with Gasteiger partial charge in [0.15, 0.2) is 5.13 Å². The Hall–Kier alpha value is -1.42. The van der Waals surface area contributed by atoms with Gasteiger partial charge in [-0.1, -0.05) is 25.0 Å². The Bertz CT molecular complexity index is 559. The highest BCUT2D eigenvalue weighted by Crippen LogP contribution is 2.43. The normalized spacial score (nSPS) is 16.3. The summed E-state index contributed by atoms with van der Waals surface area (Å²) in [5, 5.41) is 0.537. The van der Waals surface area contributed by atoms with E-state index in [9.17, 15) is 4.39 Å². The van der Waals surface area contributed by atoms with Crippen LogP contribution in [0.1, 0.15) is 36.5 Å². The van der Waals surface area contributed by atoms with Gasteiger partial charge in [-0.25, -0.2) is 9.37 Å². The predicted octanol–water partition coefficient (Wildman–Crippen LogP) is 4.19. The van der Waals surface area contributed by atoms with Crippen LogP contribution in [0.3, 0.4) is 0 Å².